The van der Waals surface area contributed by atoms with Crippen LogP contribution < -0.4 is 0 Å². The van der Waals surface area contributed by atoms with E-state index in [2.05, 4.69) is 0 Å². The summed E-state index contributed by atoms with van der Waals surface area (Å²) >= 11 is 0. The second kappa shape index (κ2) is 7.38. The fourth-order valence-electron chi connectivity index (χ4n) is 3.60. The van der Waals surface area contributed by atoms with E-state index in [1.54, 1.807) is 0 Å². The maximum atomic E-state index is 12.7. The fraction of sp³-hybridized carbons (Fsp3) is 0.273. The van der Waals surface area contributed by atoms with Gasteiger partial charge in [0.2, 0.25) is 0 Å². The van der Waals surface area contributed by atoms with Crippen molar-refractivity contribution in [2.24, 2.45) is 0 Å². The van der Waals surface area contributed by atoms with Crippen molar-refractivity contribution in [3.63, 3.8) is 0 Å². The third-order valence-corrected chi connectivity index (χ3v) is 5.14. The number of carbonyl (C=O) groups is 4. The van der Waals surface area contributed by atoms with E-state index in [0.29, 0.717) is 12.8 Å². The average Bonchev–Trinajstić information content (AvgIpc) is 2.95. The van der Waals surface area contributed by atoms with Crippen LogP contribution in [0.2, 0.25) is 0 Å². The molecular formula is C22H19NO5. The Balaban J connectivity index is 1.53. The number of Topliss-reactive ketones (excluding diaryl/α,β-unsaturated/α-hetero) is 1. The van der Waals surface area contributed by atoms with Gasteiger partial charge in [-0.3, -0.25) is 19.3 Å². The molecule has 6 nitrogen and oxygen atoms in total. The summed E-state index contributed by atoms with van der Waals surface area (Å²) in [6, 6.07) is 13.5. The topological polar surface area (TPSA) is 80.8 Å². The predicted molar refractivity (Wildman–Crippen MR) is 99.8 cm³/mol. The Morgan fingerprint density at radius 3 is 2.46 bits per heavy atom. The van der Waals surface area contributed by atoms with Gasteiger partial charge in [0, 0.05) is 6.42 Å². The smallest absolute Gasteiger partial charge is 0.338 e. The summed E-state index contributed by atoms with van der Waals surface area (Å²) in [5, 5.41) is 0. The molecule has 0 radical (unpaired) electrons. The van der Waals surface area contributed by atoms with Crippen LogP contribution >= 0.6 is 0 Å². The highest BCUT2D eigenvalue weighted by Gasteiger charge is 2.36. The molecule has 1 atom stereocenters. The summed E-state index contributed by atoms with van der Waals surface area (Å²) in [5.41, 5.74) is 1.46. The molecule has 0 spiro atoms. The normalized spacial score (nSPS) is 18.9. The largest absolute Gasteiger partial charge is 0.451 e. The maximum Gasteiger partial charge on any atom is 0.338 e. The standard InChI is InChI=1S/C22H19NO5/c24-18-8-4-5-9-19(18)28-22(27)15-10-11-16-17(12-15)21(26)23(20(16)25)13-14-6-2-1-3-7-14/h1-3,6-7,10-12,19H,4-5,8-9,13H2/t19-/m0/s1. The minimum atomic E-state index is -0.721. The number of carbonyl (C=O) groups excluding carboxylic acids is 4. The van der Waals surface area contributed by atoms with Crippen molar-refractivity contribution in [3.05, 3.63) is 70.8 Å². The lowest BCUT2D eigenvalue weighted by molar-refractivity contribution is -0.129. The van der Waals surface area contributed by atoms with E-state index < -0.39 is 18.0 Å². The van der Waals surface area contributed by atoms with Crippen LogP contribution in [-0.2, 0) is 16.1 Å². The van der Waals surface area contributed by atoms with Crippen LogP contribution in [0.25, 0.3) is 0 Å². The third kappa shape index (κ3) is 3.33. The summed E-state index contributed by atoms with van der Waals surface area (Å²) < 4.78 is 5.34. The zero-order valence-corrected chi connectivity index (χ0v) is 15.2. The Bertz CT molecular complexity index is 966. The summed E-state index contributed by atoms with van der Waals surface area (Å²) in [6.07, 6.45) is 1.89. The molecule has 2 amide bonds. The molecule has 1 heterocycles. The van der Waals surface area contributed by atoms with E-state index in [-0.39, 0.29) is 34.9 Å². The molecule has 4 rings (SSSR count). The van der Waals surface area contributed by atoms with Gasteiger partial charge in [-0.05, 0) is 43.0 Å². The van der Waals surface area contributed by atoms with Crippen LogP contribution in [0, 0.1) is 0 Å². The predicted octanol–water partition coefficient (Wildman–Crippen LogP) is 3.15. The quantitative estimate of drug-likeness (QED) is 0.604. The number of imide groups is 1. The Kier molecular flexibility index (Phi) is 4.77. The molecular weight excluding hydrogens is 358 g/mol. The number of ether oxygens (including phenoxy) is 1. The van der Waals surface area contributed by atoms with Gasteiger partial charge in [-0.15, -0.1) is 0 Å². The van der Waals surface area contributed by atoms with Gasteiger partial charge >= 0.3 is 5.97 Å². The number of hydrogen-bond acceptors (Lipinski definition) is 5. The maximum absolute atomic E-state index is 12.7. The molecule has 2 aromatic carbocycles. The lowest BCUT2D eigenvalue weighted by Crippen LogP contribution is -2.30. The number of esters is 1. The molecule has 1 aliphatic carbocycles. The van der Waals surface area contributed by atoms with Crippen molar-refractivity contribution in [1.29, 1.82) is 0 Å². The van der Waals surface area contributed by atoms with Gasteiger partial charge in [-0.2, -0.15) is 0 Å². The molecule has 1 saturated carbocycles. The van der Waals surface area contributed by atoms with Crippen molar-refractivity contribution < 1.29 is 23.9 Å². The van der Waals surface area contributed by atoms with Gasteiger partial charge in [0.25, 0.3) is 11.8 Å². The van der Waals surface area contributed by atoms with E-state index in [9.17, 15) is 19.2 Å². The average molecular weight is 377 g/mol. The lowest BCUT2D eigenvalue weighted by Gasteiger charge is -2.20. The Labute approximate surface area is 162 Å². The van der Waals surface area contributed by atoms with Crippen molar-refractivity contribution in [1.82, 2.24) is 4.90 Å². The zero-order chi connectivity index (χ0) is 19.7. The van der Waals surface area contributed by atoms with Crippen molar-refractivity contribution in [2.75, 3.05) is 0 Å². The number of fused-ring (bicyclic) bond motifs is 1. The van der Waals surface area contributed by atoms with E-state index in [0.717, 1.165) is 18.4 Å². The van der Waals surface area contributed by atoms with Gasteiger partial charge < -0.3 is 4.74 Å². The highest BCUT2D eigenvalue weighted by molar-refractivity contribution is 6.21. The summed E-state index contributed by atoms with van der Waals surface area (Å²) in [6.45, 7) is 0.170. The van der Waals surface area contributed by atoms with Crippen molar-refractivity contribution in [3.8, 4) is 0 Å². The van der Waals surface area contributed by atoms with Crippen LogP contribution in [0.4, 0.5) is 0 Å². The van der Waals surface area contributed by atoms with Crippen LogP contribution in [-0.4, -0.2) is 34.6 Å². The minimum absolute atomic E-state index is 0.0685. The van der Waals surface area contributed by atoms with Gasteiger partial charge in [-0.1, -0.05) is 30.3 Å². The number of rotatable bonds is 4. The molecule has 28 heavy (non-hydrogen) atoms. The number of ketones is 1. The molecule has 1 fully saturated rings. The summed E-state index contributed by atoms with van der Waals surface area (Å²) in [5.74, 6) is -1.54. The van der Waals surface area contributed by atoms with Crippen molar-refractivity contribution in [2.45, 2.75) is 38.3 Å². The molecule has 142 valence electrons. The van der Waals surface area contributed by atoms with Crippen molar-refractivity contribution >= 4 is 23.6 Å². The van der Waals surface area contributed by atoms with E-state index in [4.69, 9.17) is 4.74 Å². The summed E-state index contributed by atoms with van der Waals surface area (Å²) in [7, 11) is 0. The monoisotopic (exact) mass is 377 g/mol. The molecule has 1 aliphatic heterocycles. The highest BCUT2D eigenvalue weighted by Crippen LogP contribution is 2.26. The number of amides is 2. The Morgan fingerprint density at radius 1 is 0.964 bits per heavy atom. The van der Waals surface area contributed by atoms with Crippen LogP contribution in [0.5, 0.6) is 0 Å². The van der Waals surface area contributed by atoms with Gasteiger partial charge in [0.15, 0.2) is 11.9 Å². The second-order valence-corrected chi connectivity index (χ2v) is 7.05. The molecule has 6 heteroatoms. The lowest BCUT2D eigenvalue weighted by atomic mass is 9.96. The molecule has 0 aromatic heterocycles. The van der Waals surface area contributed by atoms with E-state index in [1.165, 1.54) is 23.1 Å². The minimum Gasteiger partial charge on any atom is -0.451 e. The fourth-order valence-corrected chi connectivity index (χ4v) is 3.60. The van der Waals surface area contributed by atoms with Crippen LogP contribution in [0.15, 0.2) is 48.5 Å². The van der Waals surface area contributed by atoms with E-state index >= 15 is 0 Å². The second-order valence-electron chi connectivity index (χ2n) is 7.05. The SMILES string of the molecule is O=C(O[C@H]1CCCCC1=O)c1ccc2c(c1)C(=O)N(Cc1ccccc1)C2=O. The Morgan fingerprint density at radius 2 is 1.71 bits per heavy atom. The zero-order valence-electron chi connectivity index (χ0n) is 15.2. The molecule has 0 saturated heterocycles. The highest BCUT2D eigenvalue weighted by atomic mass is 16.5. The number of hydrogen-bond donors (Lipinski definition) is 0. The molecule has 0 N–H and O–H groups in total. The Hall–Kier alpha value is -3.28. The first kappa shape index (κ1) is 18.1. The summed E-state index contributed by atoms with van der Waals surface area (Å²) in [4.78, 5) is 50.8. The molecule has 0 bridgehead atoms. The first-order chi connectivity index (χ1) is 13.5. The molecule has 0 unspecified atom stereocenters. The number of nitrogens with zero attached hydrogens (tertiary/aromatic N) is 1. The third-order valence-electron chi connectivity index (χ3n) is 5.14. The van der Waals surface area contributed by atoms with Gasteiger partial charge in [0.1, 0.15) is 0 Å². The molecule has 2 aliphatic rings. The van der Waals surface area contributed by atoms with Crippen LogP contribution in [0.3, 0.4) is 0 Å². The first-order valence-electron chi connectivity index (χ1n) is 9.32. The van der Waals surface area contributed by atoms with E-state index in [1.807, 2.05) is 30.3 Å². The first-order valence-corrected chi connectivity index (χ1v) is 9.32. The van der Waals surface area contributed by atoms with Gasteiger partial charge in [0.05, 0.1) is 23.2 Å². The number of benzene rings is 2. The molecule has 2 aromatic rings. The van der Waals surface area contributed by atoms with Crippen LogP contribution in [0.1, 0.15) is 62.3 Å². The van der Waals surface area contributed by atoms with Gasteiger partial charge in [-0.25, -0.2) is 4.79 Å².